The average Bonchev–Trinajstić information content (AvgIpc) is 3.09. The summed E-state index contributed by atoms with van der Waals surface area (Å²) in [6.07, 6.45) is 3.72. The Kier molecular flexibility index (Phi) is 5.67. The first-order valence-corrected chi connectivity index (χ1v) is 10.8. The van der Waals surface area contributed by atoms with Crippen molar-refractivity contribution in [3.8, 4) is 0 Å². The number of amides is 2. The summed E-state index contributed by atoms with van der Waals surface area (Å²) in [5, 5.41) is 3.98. The van der Waals surface area contributed by atoms with E-state index in [1.54, 1.807) is 35.5 Å². The third-order valence-corrected chi connectivity index (χ3v) is 6.33. The van der Waals surface area contributed by atoms with Crippen LogP contribution in [0.15, 0.2) is 41.3 Å². The summed E-state index contributed by atoms with van der Waals surface area (Å²) in [7, 11) is 1.63. The molecule has 7 nitrogen and oxygen atoms in total. The van der Waals surface area contributed by atoms with Crippen LogP contribution in [0, 0.1) is 12.8 Å². The number of carbonyl (C=O) groups is 2. The van der Waals surface area contributed by atoms with Gasteiger partial charge < -0.3 is 14.8 Å². The Morgan fingerprint density at radius 3 is 2.90 bits per heavy atom. The zero-order valence-electron chi connectivity index (χ0n) is 17.1. The molecule has 4 rings (SSSR count). The average molecular weight is 425 g/mol. The number of aromatic nitrogens is 2. The number of carbonyl (C=O) groups excluding carboxylic acids is 2. The fourth-order valence-electron chi connectivity index (χ4n) is 3.91. The molecule has 1 fully saturated rings. The molecule has 1 aromatic carbocycles. The highest BCUT2D eigenvalue weighted by atomic mass is 32.1. The summed E-state index contributed by atoms with van der Waals surface area (Å²) in [6, 6.07) is 8.72. The van der Waals surface area contributed by atoms with E-state index in [9.17, 15) is 14.4 Å². The predicted octanol–water partition coefficient (Wildman–Crippen LogP) is 3.18. The van der Waals surface area contributed by atoms with Crippen LogP contribution < -0.4 is 10.9 Å². The van der Waals surface area contributed by atoms with Crippen molar-refractivity contribution in [2.75, 3.05) is 18.4 Å². The fraction of sp³-hybridized carbons (Fsp3) is 0.364. The molecule has 3 aromatic rings. The molecule has 1 N–H and O–H groups in total. The molecule has 1 aliphatic heterocycles. The number of likely N-dealkylation sites (tertiary alicyclic amines) is 1. The Morgan fingerprint density at radius 2 is 2.10 bits per heavy atom. The number of nitrogens with one attached hydrogen (secondary N) is 1. The van der Waals surface area contributed by atoms with Crippen LogP contribution in [0.2, 0.25) is 0 Å². The quantitative estimate of drug-likeness (QED) is 0.697. The molecular weight excluding hydrogens is 400 g/mol. The molecule has 0 radical (unpaired) electrons. The second-order valence-electron chi connectivity index (χ2n) is 7.79. The molecule has 8 heteroatoms. The topological polar surface area (TPSA) is 84.3 Å². The maximum absolute atomic E-state index is 12.8. The first kappa shape index (κ1) is 20.3. The van der Waals surface area contributed by atoms with Crippen LogP contribution in [-0.4, -0.2) is 39.4 Å². The summed E-state index contributed by atoms with van der Waals surface area (Å²) >= 11 is 1.60. The number of hydrogen-bond donors (Lipinski definition) is 1. The van der Waals surface area contributed by atoms with E-state index >= 15 is 0 Å². The van der Waals surface area contributed by atoms with E-state index in [0.29, 0.717) is 25.1 Å². The molecule has 0 bridgehead atoms. The van der Waals surface area contributed by atoms with Gasteiger partial charge in [0, 0.05) is 44.5 Å². The summed E-state index contributed by atoms with van der Waals surface area (Å²) in [4.78, 5) is 43.2. The Bertz CT molecular complexity index is 1170. The van der Waals surface area contributed by atoms with Crippen LogP contribution in [0.4, 0.5) is 5.69 Å². The number of piperidine rings is 1. The second-order valence-corrected chi connectivity index (χ2v) is 9.03. The van der Waals surface area contributed by atoms with Gasteiger partial charge in [-0.3, -0.25) is 14.4 Å². The van der Waals surface area contributed by atoms with E-state index in [2.05, 4.69) is 10.3 Å². The smallest absolute Gasteiger partial charge is 0.255 e. The minimum absolute atomic E-state index is 0.0444. The first-order valence-electron chi connectivity index (χ1n) is 10.0. The maximum atomic E-state index is 12.8. The van der Waals surface area contributed by atoms with Crippen LogP contribution in [0.1, 0.15) is 34.6 Å². The van der Waals surface area contributed by atoms with Gasteiger partial charge in [-0.2, -0.15) is 0 Å². The van der Waals surface area contributed by atoms with Gasteiger partial charge in [-0.15, -0.1) is 11.3 Å². The van der Waals surface area contributed by atoms with Gasteiger partial charge in [-0.25, -0.2) is 4.98 Å². The van der Waals surface area contributed by atoms with Gasteiger partial charge in [0.15, 0.2) is 0 Å². The van der Waals surface area contributed by atoms with Crippen LogP contribution in [0.5, 0.6) is 0 Å². The van der Waals surface area contributed by atoms with Gasteiger partial charge in [-0.1, -0.05) is 0 Å². The van der Waals surface area contributed by atoms with Crippen LogP contribution in [-0.2, 0) is 11.8 Å². The number of pyridine rings is 1. The lowest BCUT2D eigenvalue weighted by molar-refractivity contribution is -0.117. The zero-order valence-corrected chi connectivity index (χ0v) is 17.9. The Hall–Kier alpha value is -3.00. The summed E-state index contributed by atoms with van der Waals surface area (Å²) in [5.41, 5.74) is 2.06. The van der Waals surface area contributed by atoms with Gasteiger partial charge in [0.1, 0.15) is 0 Å². The van der Waals surface area contributed by atoms with Crippen LogP contribution in [0.25, 0.3) is 10.2 Å². The van der Waals surface area contributed by atoms with E-state index in [0.717, 1.165) is 33.8 Å². The normalized spacial score (nSPS) is 16.6. The monoisotopic (exact) mass is 424 g/mol. The summed E-state index contributed by atoms with van der Waals surface area (Å²) in [6.45, 7) is 3.18. The summed E-state index contributed by atoms with van der Waals surface area (Å²) in [5.74, 6) is -0.0247. The standard InChI is InChI=1S/C22H24N4O3S/c1-14-23-18-7-6-17(11-19(18)30-14)24-20(27)10-15-4-3-9-26(12-15)22(29)16-5-8-21(28)25(2)13-16/h5-8,11,13,15H,3-4,9-10,12H2,1-2H3,(H,24,27)/t15-/m1/s1. The number of fused-ring (bicyclic) bond motifs is 1. The van der Waals surface area contributed by atoms with Gasteiger partial charge in [0.05, 0.1) is 20.8 Å². The van der Waals surface area contributed by atoms with Gasteiger partial charge in [-0.05, 0) is 49.9 Å². The zero-order chi connectivity index (χ0) is 21.3. The highest BCUT2D eigenvalue weighted by molar-refractivity contribution is 7.18. The molecule has 156 valence electrons. The Morgan fingerprint density at radius 1 is 1.27 bits per heavy atom. The van der Waals surface area contributed by atoms with Crippen molar-refractivity contribution in [2.45, 2.75) is 26.2 Å². The molecule has 3 heterocycles. The molecule has 0 unspecified atom stereocenters. The SMILES string of the molecule is Cc1nc2ccc(NC(=O)C[C@H]3CCCN(C(=O)c4ccc(=O)n(C)c4)C3)cc2s1. The fourth-order valence-corrected chi connectivity index (χ4v) is 4.78. The predicted molar refractivity (Wildman–Crippen MR) is 118 cm³/mol. The van der Waals surface area contributed by atoms with Crippen molar-refractivity contribution >= 4 is 39.1 Å². The lowest BCUT2D eigenvalue weighted by Gasteiger charge is -2.32. The van der Waals surface area contributed by atoms with Crippen molar-refractivity contribution in [1.29, 1.82) is 0 Å². The third-order valence-electron chi connectivity index (χ3n) is 5.39. The molecule has 0 saturated carbocycles. The number of anilines is 1. The highest BCUT2D eigenvalue weighted by Gasteiger charge is 2.26. The molecule has 0 spiro atoms. The number of rotatable bonds is 4. The minimum atomic E-state index is -0.147. The van der Waals surface area contributed by atoms with E-state index in [1.165, 1.54) is 10.6 Å². The van der Waals surface area contributed by atoms with Gasteiger partial charge in [0.25, 0.3) is 5.91 Å². The van der Waals surface area contributed by atoms with Crippen molar-refractivity contribution in [1.82, 2.24) is 14.5 Å². The maximum Gasteiger partial charge on any atom is 0.255 e. The van der Waals surface area contributed by atoms with Gasteiger partial charge in [0.2, 0.25) is 11.5 Å². The molecule has 2 amide bonds. The van der Waals surface area contributed by atoms with Crippen molar-refractivity contribution in [3.05, 3.63) is 57.5 Å². The molecule has 1 atom stereocenters. The largest absolute Gasteiger partial charge is 0.338 e. The lowest BCUT2D eigenvalue weighted by Crippen LogP contribution is -2.41. The summed E-state index contributed by atoms with van der Waals surface area (Å²) < 4.78 is 2.46. The molecular formula is C22H24N4O3S. The Balaban J connectivity index is 1.37. The molecule has 0 aliphatic carbocycles. The van der Waals surface area contributed by atoms with E-state index in [1.807, 2.05) is 25.1 Å². The van der Waals surface area contributed by atoms with E-state index in [4.69, 9.17) is 0 Å². The van der Waals surface area contributed by atoms with E-state index < -0.39 is 0 Å². The van der Waals surface area contributed by atoms with Crippen LogP contribution in [0.3, 0.4) is 0 Å². The molecule has 1 aliphatic rings. The first-order chi connectivity index (χ1) is 14.4. The Labute approximate surface area is 178 Å². The molecule has 1 saturated heterocycles. The number of benzene rings is 1. The van der Waals surface area contributed by atoms with E-state index in [-0.39, 0.29) is 23.3 Å². The van der Waals surface area contributed by atoms with Crippen molar-refractivity contribution in [2.24, 2.45) is 13.0 Å². The minimum Gasteiger partial charge on any atom is -0.338 e. The highest BCUT2D eigenvalue weighted by Crippen LogP contribution is 2.26. The van der Waals surface area contributed by atoms with Crippen molar-refractivity contribution < 1.29 is 9.59 Å². The third kappa shape index (κ3) is 4.43. The van der Waals surface area contributed by atoms with Gasteiger partial charge >= 0.3 is 0 Å². The van der Waals surface area contributed by atoms with Crippen LogP contribution >= 0.6 is 11.3 Å². The number of hydrogen-bond acceptors (Lipinski definition) is 5. The number of nitrogens with zero attached hydrogens (tertiary/aromatic N) is 3. The van der Waals surface area contributed by atoms with Crippen molar-refractivity contribution in [3.63, 3.8) is 0 Å². The molecule has 30 heavy (non-hydrogen) atoms. The lowest BCUT2D eigenvalue weighted by atomic mass is 9.94. The molecule has 2 aromatic heterocycles. The number of thiazole rings is 1. The number of aryl methyl sites for hydroxylation is 2. The second kappa shape index (κ2) is 8.39.